The van der Waals surface area contributed by atoms with Crippen LogP contribution in [0, 0.1) is 11.8 Å². The highest BCUT2D eigenvalue weighted by molar-refractivity contribution is 5.94. The summed E-state index contributed by atoms with van der Waals surface area (Å²) >= 11 is 0. The third kappa shape index (κ3) is 1.77. The molecule has 0 saturated heterocycles. The Kier molecular flexibility index (Phi) is 2.49. The molecule has 2 saturated carbocycles. The lowest BCUT2D eigenvalue weighted by Gasteiger charge is -2.24. The van der Waals surface area contributed by atoms with Gasteiger partial charge in [-0.05, 0) is 49.7 Å². The monoisotopic (exact) mass is 270 g/mol. The zero-order chi connectivity index (χ0) is 13.7. The molecule has 0 aliphatic heterocycles. The highest BCUT2D eigenvalue weighted by Gasteiger charge is 2.41. The van der Waals surface area contributed by atoms with E-state index in [2.05, 4.69) is 9.97 Å². The summed E-state index contributed by atoms with van der Waals surface area (Å²) in [5.74, 6) is 2.94. The van der Waals surface area contributed by atoms with Gasteiger partial charge < -0.3 is 16.2 Å². The first-order chi connectivity index (χ1) is 9.70. The Bertz CT molecular complexity index is 672. The van der Waals surface area contributed by atoms with Crippen LogP contribution in [0.4, 0.5) is 11.8 Å². The van der Waals surface area contributed by atoms with Gasteiger partial charge in [-0.25, -0.2) is 4.98 Å². The third-order valence-corrected chi connectivity index (χ3v) is 4.68. The highest BCUT2D eigenvalue weighted by atomic mass is 16.5. The fourth-order valence-corrected chi connectivity index (χ4v) is 3.79. The fraction of sp³-hybridized carbons (Fsp3) is 0.467. The lowest BCUT2D eigenvalue weighted by molar-refractivity contribution is 0.140. The molecule has 2 aliphatic carbocycles. The summed E-state index contributed by atoms with van der Waals surface area (Å²) in [4.78, 5) is 8.28. The van der Waals surface area contributed by atoms with E-state index >= 15 is 0 Å². The molecule has 5 heteroatoms. The van der Waals surface area contributed by atoms with Crippen molar-refractivity contribution in [2.75, 3.05) is 11.5 Å². The van der Waals surface area contributed by atoms with Crippen molar-refractivity contribution in [3.8, 4) is 5.75 Å². The Balaban J connectivity index is 1.73. The molecule has 1 aromatic heterocycles. The number of hydrogen-bond acceptors (Lipinski definition) is 5. The summed E-state index contributed by atoms with van der Waals surface area (Å²) in [7, 11) is 0. The molecule has 104 valence electrons. The maximum absolute atomic E-state index is 6.24. The lowest BCUT2D eigenvalue weighted by atomic mass is 9.97. The first-order valence-electron chi connectivity index (χ1n) is 7.19. The highest BCUT2D eigenvalue weighted by Crippen LogP contribution is 2.46. The molecule has 20 heavy (non-hydrogen) atoms. The number of nitrogens with zero attached hydrogens (tertiary/aromatic N) is 2. The Morgan fingerprint density at radius 3 is 2.75 bits per heavy atom. The lowest BCUT2D eigenvalue weighted by Crippen LogP contribution is -2.23. The Morgan fingerprint density at radius 2 is 2.00 bits per heavy atom. The van der Waals surface area contributed by atoms with Gasteiger partial charge in [0.1, 0.15) is 17.7 Å². The largest absolute Gasteiger partial charge is 0.489 e. The van der Waals surface area contributed by atoms with Gasteiger partial charge in [0.15, 0.2) is 0 Å². The standard InChI is InChI=1S/C15H18N4O/c16-14-13-10(18-15(17)19-14)2-1-3-11(13)20-12-7-8-4-5-9(12)6-8/h1-3,8-9,12H,4-7H2,(H4,16,17,18,19). The van der Waals surface area contributed by atoms with Crippen LogP contribution in [0.5, 0.6) is 5.75 Å². The molecule has 4 N–H and O–H groups in total. The van der Waals surface area contributed by atoms with Crippen molar-refractivity contribution < 1.29 is 4.74 Å². The Labute approximate surface area is 117 Å². The van der Waals surface area contributed by atoms with Crippen molar-refractivity contribution in [1.29, 1.82) is 0 Å². The van der Waals surface area contributed by atoms with Gasteiger partial charge in [0.2, 0.25) is 5.95 Å². The predicted octanol–water partition coefficient (Wildman–Crippen LogP) is 2.36. The molecule has 4 rings (SSSR count). The van der Waals surface area contributed by atoms with E-state index in [-0.39, 0.29) is 5.95 Å². The summed E-state index contributed by atoms with van der Waals surface area (Å²) < 4.78 is 6.24. The van der Waals surface area contributed by atoms with Crippen molar-refractivity contribution in [3.63, 3.8) is 0 Å². The molecule has 3 atom stereocenters. The van der Waals surface area contributed by atoms with Crippen LogP contribution in [0.25, 0.3) is 10.9 Å². The molecule has 3 unspecified atom stereocenters. The number of rotatable bonds is 2. The van der Waals surface area contributed by atoms with Gasteiger partial charge in [-0.1, -0.05) is 6.07 Å². The van der Waals surface area contributed by atoms with Crippen LogP contribution in [0.15, 0.2) is 18.2 Å². The smallest absolute Gasteiger partial charge is 0.222 e. The first-order valence-corrected chi connectivity index (χ1v) is 7.19. The predicted molar refractivity (Wildman–Crippen MR) is 78.2 cm³/mol. The van der Waals surface area contributed by atoms with Crippen molar-refractivity contribution in [3.05, 3.63) is 18.2 Å². The number of nitrogens with two attached hydrogens (primary N) is 2. The SMILES string of the molecule is Nc1nc(N)c2c(OC3CC4CCC3C4)cccc2n1. The number of hydrogen-bond donors (Lipinski definition) is 2. The van der Waals surface area contributed by atoms with Crippen LogP contribution in [0.2, 0.25) is 0 Å². The van der Waals surface area contributed by atoms with Crippen LogP contribution in [0.3, 0.4) is 0 Å². The van der Waals surface area contributed by atoms with E-state index in [9.17, 15) is 0 Å². The van der Waals surface area contributed by atoms with Crippen LogP contribution in [-0.4, -0.2) is 16.1 Å². The average molecular weight is 270 g/mol. The van der Waals surface area contributed by atoms with E-state index in [4.69, 9.17) is 16.2 Å². The Morgan fingerprint density at radius 1 is 1.10 bits per heavy atom. The molecule has 1 aromatic carbocycles. The van der Waals surface area contributed by atoms with Crippen LogP contribution >= 0.6 is 0 Å². The molecule has 1 heterocycles. The van der Waals surface area contributed by atoms with Gasteiger partial charge >= 0.3 is 0 Å². The van der Waals surface area contributed by atoms with E-state index in [0.717, 1.165) is 29.0 Å². The molecule has 5 nitrogen and oxygen atoms in total. The van der Waals surface area contributed by atoms with Gasteiger partial charge in [0.25, 0.3) is 0 Å². The van der Waals surface area contributed by atoms with Gasteiger partial charge in [-0.3, -0.25) is 0 Å². The van der Waals surface area contributed by atoms with E-state index in [1.54, 1.807) is 0 Å². The number of aromatic nitrogens is 2. The van der Waals surface area contributed by atoms with E-state index < -0.39 is 0 Å². The van der Waals surface area contributed by atoms with Gasteiger partial charge in [-0.2, -0.15) is 4.98 Å². The molecule has 0 radical (unpaired) electrons. The number of anilines is 2. The van der Waals surface area contributed by atoms with Crippen molar-refractivity contribution in [2.45, 2.75) is 31.8 Å². The minimum absolute atomic E-state index is 0.201. The van der Waals surface area contributed by atoms with E-state index in [0.29, 0.717) is 17.8 Å². The number of benzene rings is 1. The third-order valence-electron chi connectivity index (χ3n) is 4.68. The quantitative estimate of drug-likeness (QED) is 0.874. The molecule has 2 aliphatic rings. The zero-order valence-electron chi connectivity index (χ0n) is 11.2. The second-order valence-electron chi connectivity index (χ2n) is 5.95. The normalized spacial score (nSPS) is 28.1. The van der Waals surface area contributed by atoms with Crippen LogP contribution in [0.1, 0.15) is 25.7 Å². The van der Waals surface area contributed by atoms with Crippen LogP contribution in [-0.2, 0) is 0 Å². The maximum atomic E-state index is 6.24. The number of ether oxygens (including phenoxy) is 1. The van der Waals surface area contributed by atoms with Crippen molar-refractivity contribution in [2.24, 2.45) is 11.8 Å². The van der Waals surface area contributed by atoms with Gasteiger partial charge in [0.05, 0.1) is 10.9 Å². The zero-order valence-corrected chi connectivity index (χ0v) is 11.2. The number of nitrogen functional groups attached to an aromatic ring is 2. The fourth-order valence-electron chi connectivity index (χ4n) is 3.79. The van der Waals surface area contributed by atoms with E-state index in [1.165, 1.54) is 19.3 Å². The number of fused-ring (bicyclic) bond motifs is 3. The first kappa shape index (κ1) is 11.8. The topological polar surface area (TPSA) is 87.0 Å². The van der Waals surface area contributed by atoms with Crippen molar-refractivity contribution in [1.82, 2.24) is 9.97 Å². The van der Waals surface area contributed by atoms with Gasteiger partial charge in [-0.15, -0.1) is 0 Å². The van der Waals surface area contributed by atoms with Gasteiger partial charge in [0, 0.05) is 0 Å². The molecule has 2 aromatic rings. The molecule has 0 amide bonds. The average Bonchev–Trinajstić information content (AvgIpc) is 3.00. The second kappa shape index (κ2) is 4.23. The molecule has 2 fully saturated rings. The van der Waals surface area contributed by atoms with Crippen molar-refractivity contribution >= 4 is 22.7 Å². The molecule has 2 bridgehead atoms. The second-order valence-corrected chi connectivity index (χ2v) is 5.95. The summed E-state index contributed by atoms with van der Waals surface area (Å²) in [5.41, 5.74) is 12.4. The van der Waals surface area contributed by atoms with Crippen LogP contribution < -0.4 is 16.2 Å². The molecular formula is C15H18N4O. The molecule has 0 spiro atoms. The maximum Gasteiger partial charge on any atom is 0.222 e. The minimum Gasteiger partial charge on any atom is -0.489 e. The van der Waals surface area contributed by atoms with E-state index in [1.807, 2.05) is 18.2 Å². The minimum atomic E-state index is 0.201. The summed E-state index contributed by atoms with van der Waals surface area (Å²) in [5, 5.41) is 0.782. The molecular weight excluding hydrogens is 252 g/mol. The Hall–Kier alpha value is -2.04. The summed E-state index contributed by atoms with van der Waals surface area (Å²) in [6, 6.07) is 5.76. The summed E-state index contributed by atoms with van der Waals surface area (Å²) in [6.07, 6.45) is 5.45. The summed E-state index contributed by atoms with van der Waals surface area (Å²) in [6.45, 7) is 0.